The zero-order chi connectivity index (χ0) is 12.4. The summed E-state index contributed by atoms with van der Waals surface area (Å²) in [6.45, 7) is 0.0611. The molecular formula is C11H11ClN2O3. The Bertz CT molecular complexity index is 464. The number of carbonyl (C=O) groups is 2. The molecule has 1 unspecified atom stereocenters. The fraction of sp³-hybridized carbons (Fsp3) is 0.273. The lowest BCUT2D eigenvalue weighted by Crippen LogP contribution is -2.40. The molecule has 6 heteroatoms. The normalized spacial score (nSPS) is 19.1. The summed E-state index contributed by atoms with van der Waals surface area (Å²) in [6, 6.07) is 6.29. The van der Waals surface area contributed by atoms with Gasteiger partial charge in [0.05, 0.1) is 10.7 Å². The van der Waals surface area contributed by atoms with Gasteiger partial charge in [-0.25, -0.2) is 4.79 Å². The number of benzene rings is 1. The predicted molar refractivity (Wildman–Crippen MR) is 63.0 cm³/mol. The summed E-state index contributed by atoms with van der Waals surface area (Å²) < 4.78 is 4.76. The molecule has 0 radical (unpaired) electrons. The number of nitrogens with one attached hydrogen (secondary N) is 1. The molecule has 1 aromatic rings. The molecule has 0 saturated carbocycles. The number of carbonyl (C=O) groups excluding carboxylic acids is 2. The number of ether oxygens (including phenoxy) is 1. The van der Waals surface area contributed by atoms with Crippen LogP contribution in [-0.2, 0) is 9.53 Å². The Kier molecular flexibility index (Phi) is 3.19. The van der Waals surface area contributed by atoms with Crippen molar-refractivity contribution in [1.82, 2.24) is 4.90 Å². The van der Waals surface area contributed by atoms with Gasteiger partial charge in [-0.05, 0) is 12.1 Å². The van der Waals surface area contributed by atoms with E-state index in [2.05, 4.69) is 5.32 Å². The van der Waals surface area contributed by atoms with Crippen molar-refractivity contribution in [3.05, 3.63) is 29.3 Å². The maximum Gasteiger partial charge on any atom is 0.410 e. The lowest BCUT2D eigenvalue weighted by Gasteiger charge is -2.16. The van der Waals surface area contributed by atoms with Gasteiger partial charge in [-0.15, -0.1) is 0 Å². The van der Waals surface area contributed by atoms with E-state index in [0.29, 0.717) is 10.7 Å². The van der Waals surface area contributed by atoms with E-state index in [9.17, 15) is 9.59 Å². The molecule has 1 atom stereocenters. The highest BCUT2D eigenvalue weighted by molar-refractivity contribution is 6.33. The van der Waals surface area contributed by atoms with E-state index in [4.69, 9.17) is 16.3 Å². The predicted octanol–water partition coefficient (Wildman–Crippen LogP) is 1.73. The molecule has 90 valence electrons. The van der Waals surface area contributed by atoms with Crippen LogP contribution in [0.3, 0.4) is 0 Å². The van der Waals surface area contributed by atoms with E-state index in [1.165, 1.54) is 11.9 Å². The Morgan fingerprint density at radius 2 is 2.24 bits per heavy atom. The Morgan fingerprint density at radius 1 is 1.53 bits per heavy atom. The third-order valence-corrected chi connectivity index (χ3v) is 2.88. The van der Waals surface area contributed by atoms with Gasteiger partial charge in [-0.2, -0.15) is 0 Å². The summed E-state index contributed by atoms with van der Waals surface area (Å²) in [4.78, 5) is 24.2. The van der Waals surface area contributed by atoms with E-state index in [1.807, 2.05) is 0 Å². The standard InChI is InChI=1S/C11H11ClN2O3/c1-14-9(6-17-11(14)16)10(15)13-8-5-3-2-4-7(8)12/h2-5,9H,6H2,1H3,(H,13,15). The highest BCUT2D eigenvalue weighted by Crippen LogP contribution is 2.21. The topological polar surface area (TPSA) is 58.6 Å². The molecule has 0 aromatic heterocycles. The largest absolute Gasteiger partial charge is 0.447 e. The van der Waals surface area contributed by atoms with E-state index in [-0.39, 0.29) is 12.5 Å². The summed E-state index contributed by atoms with van der Waals surface area (Å²) in [5.41, 5.74) is 0.520. The molecule has 0 aliphatic carbocycles. The number of para-hydroxylation sites is 1. The number of halogens is 1. The van der Waals surface area contributed by atoms with Gasteiger partial charge in [0.2, 0.25) is 0 Å². The van der Waals surface area contributed by atoms with Crippen LogP contribution in [0.5, 0.6) is 0 Å². The van der Waals surface area contributed by atoms with E-state index in [1.54, 1.807) is 24.3 Å². The van der Waals surface area contributed by atoms with Crippen molar-refractivity contribution < 1.29 is 14.3 Å². The van der Waals surface area contributed by atoms with Crippen LogP contribution in [0, 0.1) is 0 Å². The first-order chi connectivity index (χ1) is 8.09. The minimum absolute atomic E-state index is 0.0611. The summed E-state index contributed by atoms with van der Waals surface area (Å²) >= 11 is 5.91. The molecule has 0 bridgehead atoms. The zero-order valence-corrected chi connectivity index (χ0v) is 9.90. The van der Waals surface area contributed by atoms with Crippen LogP contribution in [-0.4, -0.2) is 36.6 Å². The molecule has 1 N–H and O–H groups in total. The molecule has 1 aliphatic rings. The number of nitrogens with zero attached hydrogens (tertiary/aromatic N) is 1. The van der Waals surface area contributed by atoms with Crippen LogP contribution < -0.4 is 5.32 Å². The van der Waals surface area contributed by atoms with Gasteiger partial charge >= 0.3 is 6.09 Å². The molecule has 2 rings (SSSR count). The summed E-state index contributed by atoms with van der Waals surface area (Å²) in [5, 5.41) is 3.11. The molecule has 1 heterocycles. The number of likely N-dealkylation sites (N-methyl/N-ethyl adjacent to an activating group) is 1. The minimum atomic E-state index is -0.612. The number of anilines is 1. The SMILES string of the molecule is CN1C(=O)OCC1C(=O)Nc1ccccc1Cl. The van der Waals surface area contributed by atoms with E-state index < -0.39 is 12.1 Å². The lowest BCUT2D eigenvalue weighted by molar-refractivity contribution is -0.119. The van der Waals surface area contributed by atoms with Crippen molar-refractivity contribution >= 4 is 29.3 Å². The Balaban J connectivity index is 2.08. The third-order valence-electron chi connectivity index (χ3n) is 2.55. The summed E-state index contributed by atoms with van der Waals surface area (Å²) in [5.74, 6) is -0.313. The van der Waals surface area contributed by atoms with Crippen molar-refractivity contribution in [2.75, 3.05) is 19.0 Å². The highest BCUT2D eigenvalue weighted by Gasteiger charge is 2.35. The van der Waals surface area contributed by atoms with Gasteiger partial charge in [-0.1, -0.05) is 23.7 Å². The minimum Gasteiger partial charge on any atom is -0.447 e. The molecule has 17 heavy (non-hydrogen) atoms. The molecule has 1 aliphatic heterocycles. The molecule has 5 nitrogen and oxygen atoms in total. The molecule has 1 fully saturated rings. The smallest absolute Gasteiger partial charge is 0.410 e. The zero-order valence-electron chi connectivity index (χ0n) is 9.14. The van der Waals surface area contributed by atoms with Crippen LogP contribution in [0.1, 0.15) is 0 Å². The Hall–Kier alpha value is -1.75. The van der Waals surface area contributed by atoms with E-state index >= 15 is 0 Å². The van der Waals surface area contributed by atoms with Crippen LogP contribution >= 0.6 is 11.6 Å². The first-order valence-corrected chi connectivity index (χ1v) is 5.42. The van der Waals surface area contributed by atoms with Crippen LogP contribution in [0.2, 0.25) is 5.02 Å². The van der Waals surface area contributed by atoms with Crippen LogP contribution in [0.25, 0.3) is 0 Å². The van der Waals surface area contributed by atoms with Gasteiger partial charge in [0, 0.05) is 7.05 Å². The lowest BCUT2D eigenvalue weighted by atomic mass is 10.2. The van der Waals surface area contributed by atoms with E-state index in [0.717, 1.165) is 0 Å². The van der Waals surface area contributed by atoms with Gasteiger partial charge < -0.3 is 10.1 Å². The molecule has 0 spiro atoms. The molecular weight excluding hydrogens is 244 g/mol. The maximum absolute atomic E-state index is 11.9. The molecule has 1 aromatic carbocycles. The number of cyclic esters (lactones) is 1. The van der Waals surface area contributed by atoms with Crippen molar-refractivity contribution in [3.63, 3.8) is 0 Å². The summed E-state index contributed by atoms with van der Waals surface area (Å²) in [7, 11) is 1.52. The first-order valence-electron chi connectivity index (χ1n) is 5.04. The van der Waals surface area contributed by atoms with Crippen molar-refractivity contribution in [2.24, 2.45) is 0 Å². The Labute approximate surface area is 103 Å². The second kappa shape index (κ2) is 4.63. The monoisotopic (exact) mass is 254 g/mol. The van der Waals surface area contributed by atoms with Crippen molar-refractivity contribution in [2.45, 2.75) is 6.04 Å². The molecule has 1 saturated heterocycles. The van der Waals surface area contributed by atoms with Gasteiger partial charge in [0.15, 0.2) is 0 Å². The number of hydrogen-bond donors (Lipinski definition) is 1. The quantitative estimate of drug-likeness (QED) is 0.874. The fourth-order valence-electron chi connectivity index (χ4n) is 1.52. The Morgan fingerprint density at radius 3 is 2.82 bits per heavy atom. The molecule has 2 amide bonds. The van der Waals surface area contributed by atoms with Gasteiger partial charge in [0.25, 0.3) is 5.91 Å². The number of rotatable bonds is 2. The third kappa shape index (κ3) is 2.34. The van der Waals surface area contributed by atoms with Gasteiger partial charge in [0.1, 0.15) is 12.6 Å². The van der Waals surface area contributed by atoms with Crippen LogP contribution in [0.4, 0.5) is 10.5 Å². The van der Waals surface area contributed by atoms with Gasteiger partial charge in [-0.3, -0.25) is 9.69 Å². The maximum atomic E-state index is 11.9. The summed E-state index contributed by atoms with van der Waals surface area (Å²) in [6.07, 6.45) is -0.496. The average molecular weight is 255 g/mol. The second-order valence-electron chi connectivity index (χ2n) is 3.67. The van der Waals surface area contributed by atoms with Crippen molar-refractivity contribution in [3.8, 4) is 0 Å². The average Bonchev–Trinajstić information content (AvgIpc) is 2.63. The van der Waals surface area contributed by atoms with Crippen LogP contribution in [0.15, 0.2) is 24.3 Å². The second-order valence-corrected chi connectivity index (χ2v) is 4.08. The fourth-order valence-corrected chi connectivity index (χ4v) is 1.70. The number of hydrogen-bond acceptors (Lipinski definition) is 3. The number of amides is 2. The first kappa shape index (κ1) is 11.7. The van der Waals surface area contributed by atoms with Crippen molar-refractivity contribution in [1.29, 1.82) is 0 Å². The highest BCUT2D eigenvalue weighted by atomic mass is 35.5.